The number of ether oxygens (including phenoxy) is 1. The number of methoxy groups -OCH3 is 1. The number of rotatable bonds is 3. The van der Waals surface area contributed by atoms with E-state index in [0.717, 1.165) is 11.5 Å². The molecule has 88 valence electrons. The van der Waals surface area contributed by atoms with Crippen LogP contribution < -0.4 is 10.1 Å². The number of nitrogens with one attached hydrogen (secondary N) is 1. The van der Waals surface area contributed by atoms with Gasteiger partial charge in [-0.15, -0.1) is 5.10 Å². The molecule has 0 bridgehead atoms. The minimum atomic E-state index is -0.203. The van der Waals surface area contributed by atoms with Gasteiger partial charge in [0.1, 0.15) is 10.6 Å². The summed E-state index contributed by atoms with van der Waals surface area (Å²) in [5.74, 6) is 0.493. The lowest BCUT2D eigenvalue weighted by atomic mass is 10.3. The first-order chi connectivity index (χ1) is 8.20. The van der Waals surface area contributed by atoms with Crippen LogP contribution in [0.2, 0.25) is 0 Å². The van der Waals surface area contributed by atoms with Gasteiger partial charge >= 0.3 is 0 Å². The van der Waals surface area contributed by atoms with Crippen molar-refractivity contribution in [3.05, 3.63) is 34.8 Å². The number of amides is 1. The van der Waals surface area contributed by atoms with E-state index in [0.29, 0.717) is 22.0 Å². The molecule has 1 aromatic heterocycles. The molecule has 0 aliphatic rings. The second-order valence-electron chi connectivity index (χ2n) is 3.37. The maximum absolute atomic E-state index is 11.9. The van der Waals surface area contributed by atoms with Gasteiger partial charge in [0, 0.05) is 11.8 Å². The molecule has 0 aliphatic heterocycles. The molecule has 0 saturated heterocycles. The van der Waals surface area contributed by atoms with Crippen molar-refractivity contribution in [3.8, 4) is 5.75 Å². The van der Waals surface area contributed by atoms with E-state index in [2.05, 4.69) is 14.9 Å². The maximum Gasteiger partial charge on any atom is 0.269 e. The van der Waals surface area contributed by atoms with Crippen molar-refractivity contribution in [1.29, 1.82) is 0 Å². The molecule has 0 unspecified atom stereocenters. The van der Waals surface area contributed by atoms with Crippen molar-refractivity contribution in [2.45, 2.75) is 6.92 Å². The lowest BCUT2D eigenvalue weighted by Gasteiger charge is -2.05. The van der Waals surface area contributed by atoms with E-state index >= 15 is 0 Å². The number of carbonyl (C=O) groups excluding carboxylic acids is 1. The average molecular weight is 249 g/mol. The smallest absolute Gasteiger partial charge is 0.269 e. The van der Waals surface area contributed by atoms with Crippen LogP contribution in [0.3, 0.4) is 0 Å². The molecule has 2 aromatic rings. The van der Waals surface area contributed by atoms with Gasteiger partial charge in [-0.05, 0) is 30.6 Å². The van der Waals surface area contributed by atoms with E-state index in [4.69, 9.17) is 4.74 Å². The van der Waals surface area contributed by atoms with Crippen molar-refractivity contribution in [1.82, 2.24) is 9.59 Å². The van der Waals surface area contributed by atoms with E-state index in [1.807, 2.05) is 12.1 Å². The standard InChI is InChI=1S/C11H11N3O2S/c1-7-10(17-14-13-7)11(15)12-8-4-3-5-9(6-8)16-2/h3-6H,1-2H3,(H,12,15). The normalized spacial score (nSPS) is 10.0. The molecule has 2 rings (SSSR count). The summed E-state index contributed by atoms with van der Waals surface area (Å²) in [6, 6.07) is 7.17. The summed E-state index contributed by atoms with van der Waals surface area (Å²) in [5, 5.41) is 6.57. The number of aromatic nitrogens is 2. The van der Waals surface area contributed by atoms with Crippen LogP contribution in [0.15, 0.2) is 24.3 Å². The molecule has 0 atom stereocenters. The van der Waals surface area contributed by atoms with Crippen molar-refractivity contribution in [2.24, 2.45) is 0 Å². The molecule has 0 saturated carbocycles. The average Bonchev–Trinajstić information content (AvgIpc) is 2.76. The molecule has 1 heterocycles. The lowest BCUT2D eigenvalue weighted by Crippen LogP contribution is -2.11. The van der Waals surface area contributed by atoms with Gasteiger partial charge in [0.15, 0.2) is 0 Å². The number of carbonyl (C=O) groups is 1. The predicted octanol–water partition coefficient (Wildman–Crippen LogP) is 2.11. The summed E-state index contributed by atoms with van der Waals surface area (Å²) >= 11 is 1.08. The van der Waals surface area contributed by atoms with Crippen molar-refractivity contribution >= 4 is 23.1 Å². The fourth-order valence-corrected chi connectivity index (χ4v) is 1.88. The number of hydrogen-bond acceptors (Lipinski definition) is 5. The first-order valence-electron chi connectivity index (χ1n) is 4.95. The largest absolute Gasteiger partial charge is 0.497 e. The molecule has 6 heteroatoms. The van der Waals surface area contributed by atoms with Crippen LogP contribution in [0.5, 0.6) is 5.75 Å². The first-order valence-corrected chi connectivity index (χ1v) is 5.72. The van der Waals surface area contributed by atoms with Gasteiger partial charge in [-0.3, -0.25) is 4.79 Å². The summed E-state index contributed by atoms with van der Waals surface area (Å²) in [6.07, 6.45) is 0. The maximum atomic E-state index is 11.9. The van der Waals surface area contributed by atoms with Crippen molar-refractivity contribution < 1.29 is 9.53 Å². The minimum absolute atomic E-state index is 0.203. The molecule has 0 radical (unpaired) electrons. The Hall–Kier alpha value is -1.95. The molecular formula is C11H11N3O2S. The van der Waals surface area contributed by atoms with Gasteiger partial charge in [0.25, 0.3) is 5.91 Å². The van der Waals surface area contributed by atoms with E-state index in [9.17, 15) is 4.79 Å². The highest BCUT2D eigenvalue weighted by Gasteiger charge is 2.13. The second-order valence-corrected chi connectivity index (χ2v) is 4.13. The number of aryl methyl sites for hydroxylation is 1. The van der Waals surface area contributed by atoms with Gasteiger partial charge < -0.3 is 10.1 Å². The molecule has 1 amide bonds. The summed E-state index contributed by atoms with van der Waals surface area (Å²) in [6.45, 7) is 1.75. The molecule has 1 aromatic carbocycles. The number of hydrogen-bond donors (Lipinski definition) is 1. The fourth-order valence-electron chi connectivity index (χ4n) is 1.33. The quantitative estimate of drug-likeness (QED) is 0.904. The van der Waals surface area contributed by atoms with Gasteiger partial charge in [-0.1, -0.05) is 10.6 Å². The number of nitrogens with zero attached hydrogens (tertiary/aromatic N) is 2. The Morgan fingerprint density at radius 2 is 2.29 bits per heavy atom. The molecule has 0 spiro atoms. The Kier molecular flexibility index (Phi) is 3.34. The first kappa shape index (κ1) is 11.5. The molecule has 5 nitrogen and oxygen atoms in total. The van der Waals surface area contributed by atoms with Crippen LogP contribution in [0.4, 0.5) is 5.69 Å². The van der Waals surface area contributed by atoms with Crippen LogP contribution in [0.25, 0.3) is 0 Å². The predicted molar refractivity (Wildman–Crippen MR) is 65.6 cm³/mol. The highest BCUT2D eigenvalue weighted by atomic mass is 32.1. The molecule has 17 heavy (non-hydrogen) atoms. The van der Waals surface area contributed by atoms with E-state index in [1.54, 1.807) is 26.2 Å². The zero-order chi connectivity index (χ0) is 12.3. The molecule has 0 aliphatic carbocycles. The Balaban J connectivity index is 2.16. The number of anilines is 1. The van der Waals surface area contributed by atoms with Crippen molar-refractivity contribution in [2.75, 3.05) is 12.4 Å². The lowest BCUT2D eigenvalue weighted by molar-refractivity contribution is 0.103. The van der Waals surface area contributed by atoms with Crippen LogP contribution in [-0.2, 0) is 0 Å². The summed E-state index contributed by atoms with van der Waals surface area (Å²) in [7, 11) is 1.58. The third-order valence-electron chi connectivity index (χ3n) is 2.19. The highest BCUT2D eigenvalue weighted by molar-refractivity contribution is 7.08. The minimum Gasteiger partial charge on any atom is -0.497 e. The van der Waals surface area contributed by atoms with Crippen LogP contribution in [0, 0.1) is 6.92 Å². The summed E-state index contributed by atoms with van der Waals surface area (Å²) in [4.78, 5) is 12.4. The Morgan fingerprint density at radius 1 is 1.47 bits per heavy atom. The summed E-state index contributed by atoms with van der Waals surface area (Å²) < 4.78 is 8.80. The van der Waals surface area contributed by atoms with E-state index in [-0.39, 0.29) is 5.91 Å². The molecule has 0 fully saturated rings. The molecule has 1 N–H and O–H groups in total. The zero-order valence-corrected chi connectivity index (χ0v) is 10.2. The highest BCUT2D eigenvalue weighted by Crippen LogP contribution is 2.18. The second kappa shape index (κ2) is 4.92. The zero-order valence-electron chi connectivity index (χ0n) is 9.43. The monoisotopic (exact) mass is 249 g/mol. The Labute approximate surface area is 103 Å². The third-order valence-corrected chi connectivity index (χ3v) is 3.01. The van der Waals surface area contributed by atoms with Gasteiger partial charge in [-0.25, -0.2) is 0 Å². The fraction of sp³-hybridized carbons (Fsp3) is 0.182. The van der Waals surface area contributed by atoms with E-state index in [1.165, 1.54) is 0 Å². The van der Waals surface area contributed by atoms with Gasteiger partial charge in [-0.2, -0.15) is 0 Å². The number of benzene rings is 1. The Bertz CT molecular complexity index is 539. The van der Waals surface area contributed by atoms with Crippen LogP contribution in [-0.4, -0.2) is 22.6 Å². The Morgan fingerprint density at radius 3 is 2.94 bits per heavy atom. The van der Waals surface area contributed by atoms with E-state index < -0.39 is 0 Å². The summed E-state index contributed by atoms with van der Waals surface area (Å²) in [5.41, 5.74) is 1.32. The van der Waals surface area contributed by atoms with Crippen molar-refractivity contribution in [3.63, 3.8) is 0 Å². The van der Waals surface area contributed by atoms with Gasteiger partial charge in [0.2, 0.25) is 0 Å². The molecular weight excluding hydrogens is 238 g/mol. The van der Waals surface area contributed by atoms with Crippen LogP contribution in [0.1, 0.15) is 15.4 Å². The van der Waals surface area contributed by atoms with Gasteiger partial charge in [0.05, 0.1) is 12.8 Å². The third kappa shape index (κ3) is 2.59. The van der Waals surface area contributed by atoms with Crippen LogP contribution >= 0.6 is 11.5 Å². The SMILES string of the molecule is COc1cccc(NC(=O)c2snnc2C)c1. The topological polar surface area (TPSA) is 64.1 Å².